The highest BCUT2D eigenvalue weighted by atomic mass is 16.7. The fourth-order valence-electron chi connectivity index (χ4n) is 4.23. The summed E-state index contributed by atoms with van der Waals surface area (Å²) < 4.78 is 16.7. The first-order chi connectivity index (χ1) is 15.5. The molecule has 2 atom stereocenters. The van der Waals surface area contributed by atoms with Crippen LogP contribution in [0, 0.1) is 11.8 Å². The SMILES string of the molecule is CCOCOC[C@H](C[C@@H](C(=O)NO)c1cc2ccccc2o1)NC(=O)C1CCC(C)CC1. The second-order valence-corrected chi connectivity index (χ2v) is 8.59. The van der Waals surface area contributed by atoms with E-state index in [0.717, 1.165) is 31.1 Å². The van der Waals surface area contributed by atoms with Gasteiger partial charge in [0, 0.05) is 17.9 Å². The van der Waals surface area contributed by atoms with E-state index in [-0.39, 0.29) is 31.6 Å². The molecule has 32 heavy (non-hydrogen) atoms. The Morgan fingerprint density at radius 1 is 1.19 bits per heavy atom. The summed E-state index contributed by atoms with van der Waals surface area (Å²) in [5.74, 6) is -0.366. The fourth-order valence-corrected chi connectivity index (χ4v) is 4.23. The van der Waals surface area contributed by atoms with E-state index in [2.05, 4.69) is 12.2 Å². The number of ether oxygens (including phenoxy) is 2. The molecule has 2 aromatic rings. The molecule has 1 aliphatic carbocycles. The van der Waals surface area contributed by atoms with Crippen LogP contribution in [0.15, 0.2) is 34.7 Å². The molecule has 176 valence electrons. The molecular formula is C24H34N2O6. The minimum absolute atomic E-state index is 0.0188. The molecule has 1 fully saturated rings. The van der Waals surface area contributed by atoms with E-state index in [1.807, 2.05) is 31.2 Å². The second kappa shape index (κ2) is 12.0. The minimum Gasteiger partial charge on any atom is -0.460 e. The van der Waals surface area contributed by atoms with Crippen LogP contribution in [-0.4, -0.2) is 43.1 Å². The number of hydrogen-bond donors (Lipinski definition) is 3. The van der Waals surface area contributed by atoms with Crippen molar-refractivity contribution < 1.29 is 28.7 Å². The van der Waals surface area contributed by atoms with Gasteiger partial charge in [-0.1, -0.05) is 25.1 Å². The predicted molar refractivity (Wildman–Crippen MR) is 119 cm³/mol. The molecule has 1 saturated carbocycles. The molecule has 0 radical (unpaired) electrons. The number of benzene rings is 1. The highest BCUT2D eigenvalue weighted by Crippen LogP contribution is 2.30. The lowest BCUT2D eigenvalue weighted by Gasteiger charge is -2.28. The van der Waals surface area contributed by atoms with Crippen LogP contribution in [0.2, 0.25) is 0 Å². The zero-order valence-corrected chi connectivity index (χ0v) is 18.8. The van der Waals surface area contributed by atoms with E-state index in [1.165, 1.54) is 0 Å². The lowest BCUT2D eigenvalue weighted by molar-refractivity contribution is -0.133. The molecule has 1 heterocycles. The van der Waals surface area contributed by atoms with Gasteiger partial charge in [0.15, 0.2) is 0 Å². The van der Waals surface area contributed by atoms with Gasteiger partial charge in [0.2, 0.25) is 5.91 Å². The Morgan fingerprint density at radius 2 is 1.94 bits per heavy atom. The van der Waals surface area contributed by atoms with Gasteiger partial charge in [0.1, 0.15) is 24.1 Å². The number of rotatable bonds is 11. The average Bonchev–Trinajstić information content (AvgIpc) is 3.23. The quantitative estimate of drug-likeness (QED) is 0.210. The van der Waals surface area contributed by atoms with Crippen molar-refractivity contribution in [2.24, 2.45) is 11.8 Å². The summed E-state index contributed by atoms with van der Waals surface area (Å²) in [5, 5.41) is 13.3. The van der Waals surface area contributed by atoms with E-state index in [9.17, 15) is 14.8 Å². The number of furan rings is 1. The number of carbonyl (C=O) groups is 2. The van der Waals surface area contributed by atoms with Crippen LogP contribution < -0.4 is 10.8 Å². The number of para-hydroxylation sites is 1. The van der Waals surface area contributed by atoms with Gasteiger partial charge in [-0.05, 0) is 57.1 Å². The minimum atomic E-state index is -0.792. The van der Waals surface area contributed by atoms with Gasteiger partial charge in [0.25, 0.3) is 5.91 Å². The Hall–Kier alpha value is -2.42. The largest absolute Gasteiger partial charge is 0.460 e. The summed E-state index contributed by atoms with van der Waals surface area (Å²) in [5.41, 5.74) is 2.39. The number of carbonyl (C=O) groups excluding carboxylic acids is 2. The van der Waals surface area contributed by atoms with Crippen LogP contribution in [0.25, 0.3) is 11.0 Å². The zero-order chi connectivity index (χ0) is 22.9. The number of fused-ring (bicyclic) bond motifs is 1. The third-order valence-corrected chi connectivity index (χ3v) is 6.16. The molecule has 3 rings (SSSR count). The van der Waals surface area contributed by atoms with Crippen LogP contribution in [0.1, 0.15) is 57.6 Å². The maximum absolute atomic E-state index is 12.9. The van der Waals surface area contributed by atoms with Gasteiger partial charge in [-0.3, -0.25) is 14.8 Å². The van der Waals surface area contributed by atoms with E-state index in [0.29, 0.717) is 23.9 Å². The second-order valence-electron chi connectivity index (χ2n) is 8.59. The highest BCUT2D eigenvalue weighted by Gasteiger charge is 2.31. The van der Waals surface area contributed by atoms with E-state index in [4.69, 9.17) is 13.9 Å². The normalized spacial score (nSPS) is 20.6. The van der Waals surface area contributed by atoms with Crippen molar-refractivity contribution in [3.05, 3.63) is 36.1 Å². The summed E-state index contributed by atoms with van der Waals surface area (Å²) >= 11 is 0. The Kier molecular flexibility index (Phi) is 9.08. The first-order valence-electron chi connectivity index (χ1n) is 11.4. The van der Waals surface area contributed by atoms with Gasteiger partial charge in [-0.25, -0.2) is 5.48 Å². The van der Waals surface area contributed by atoms with Crippen molar-refractivity contribution in [3.63, 3.8) is 0 Å². The number of nitrogens with one attached hydrogen (secondary N) is 2. The van der Waals surface area contributed by atoms with Crippen LogP contribution in [-0.2, 0) is 19.1 Å². The van der Waals surface area contributed by atoms with Gasteiger partial charge >= 0.3 is 0 Å². The van der Waals surface area contributed by atoms with Crippen molar-refractivity contribution in [1.29, 1.82) is 0 Å². The summed E-state index contributed by atoms with van der Waals surface area (Å²) in [4.78, 5) is 25.5. The van der Waals surface area contributed by atoms with Gasteiger partial charge < -0.3 is 19.2 Å². The molecule has 1 aromatic heterocycles. The van der Waals surface area contributed by atoms with Crippen molar-refractivity contribution >= 4 is 22.8 Å². The molecule has 8 heteroatoms. The molecule has 3 N–H and O–H groups in total. The number of hydrogen-bond acceptors (Lipinski definition) is 6. The van der Waals surface area contributed by atoms with Crippen molar-refractivity contribution in [2.75, 3.05) is 20.0 Å². The smallest absolute Gasteiger partial charge is 0.254 e. The predicted octanol–water partition coefficient (Wildman–Crippen LogP) is 3.73. The summed E-state index contributed by atoms with van der Waals surface area (Å²) in [6.07, 6.45) is 4.02. The third-order valence-electron chi connectivity index (χ3n) is 6.16. The van der Waals surface area contributed by atoms with Crippen LogP contribution >= 0.6 is 0 Å². The standard InChI is InChI=1S/C24H34N2O6/c1-3-30-15-31-14-19(25-23(27)17-10-8-16(2)9-11-17)13-20(24(28)26-29)22-12-18-6-4-5-7-21(18)32-22/h4-7,12,16-17,19-20,29H,3,8-11,13-15H2,1-2H3,(H,25,27)(H,26,28)/t16?,17?,19-,20+/m0/s1. The molecule has 0 aliphatic heterocycles. The van der Waals surface area contributed by atoms with Crippen molar-refractivity contribution in [2.45, 2.75) is 57.9 Å². The molecule has 0 saturated heterocycles. The maximum Gasteiger partial charge on any atom is 0.254 e. The first-order valence-corrected chi connectivity index (χ1v) is 11.4. The molecule has 0 unspecified atom stereocenters. The molecule has 1 aliphatic rings. The Balaban J connectivity index is 1.74. The summed E-state index contributed by atoms with van der Waals surface area (Å²) in [7, 11) is 0. The topological polar surface area (TPSA) is 110 Å². The van der Waals surface area contributed by atoms with Gasteiger partial charge in [-0.15, -0.1) is 0 Å². The molecule has 0 spiro atoms. The maximum atomic E-state index is 12.9. The van der Waals surface area contributed by atoms with Gasteiger partial charge in [-0.2, -0.15) is 0 Å². The molecule has 2 amide bonds. The summed E-state index contributed by atoms with van der Waals surface area (Å²) in [6, 6.07) is 8.80. The van der Waals surface area contributed by atoms with Gasteiger partial charge in [0.05, 0.1) is 12.6 Å². The Labute approximate surface area is 188 Å². The third kappa shape index (κ3) is 6.54. The monoisotopic (exact) mass is 446 g/mol. The lowest BCUT2D eigenvalue weighted by atomic mass is 9.82. The number of hydroxylamine groups is 1. The summed E-state index contributed by atoms with van der Waals surface area (Å²) in [6.45, 7) is 4.89. The van der Waals surface area contributed by atoms with Crippen molar-refractivity contribution in [3.8, 4) is 0 Å². The Bertz CT molecular complexity index is 841. The van der Waals surface area contributed by atoms with E-state index in [1.54, 1.807) is 11.5 Å². The molecular weight excluding hydrogens is 412 g/mol. The van der Waals surface area contributed by atoms with Crippen LogP contribution in [0.5, 0.6) is 0 Å². The van der Waals surface area contributed by atoms with E-state index >= 15 is 0 Å². The zero-order valence-electron chi connectivity index (χ0n) is 18.8. The lowest BCUT2D eigenvalue weighted by Crippen LogP contribution is -2.44. The Morgan fingerprint density at radius 3 is 2.62 bits per heavy atom. The van der Waals surface area contributed by atoms with Crippen LogP contribution in [0.4, 0.5) is 0 Å². The molecule has 8 nitrogen and oxygen atoms in total. The fraction of sp³-hybridized carbons (Fsp3) is 0.583. The molecule has 0 bridgehead atoms. The highest BCUT2D eigenvalue weighted by molar-refractivity contribution is 5.85. The first kappa shape index (κ1) is 24.2. The number of amides is 2. The van der Waals surface area contributed by atoms with Crippen LogP contribution in [0.3, 0.4) is 0 Å². The average molecular weight is 447 g/mol. The van der Waals surface area contributed by atoms with E-state index < -0.39 is 17.9 Å². The van der Waals surface area contributed by atoms with Crippen molar-refractivity contribution in [1.82, 2.24) is 10.8 Å². The molecule has 1 aromatic carbocycles.